The van der Waals surface area contributed by atoms with Gasteiger partial charge in [0.15, 0.2) is 11.5 Å². The van der Waals surface area contributed by atoms with Gasteiger partial charge in [-0.3, -0.25) is 9.59 Å². The van der Waals surface area contributed by atoms with E-state index in [1.54, 1.807) is 43.3 Å². The molecule has 0 aliphatic rings. The molecule has 0 atom stereocenters. The normalized spacial score (nSPS) is 10.9. The van der Waals surface area contributed by atoms with Gasteiger partial charge < -0.3 is 29.3 Å². The number of carbonyl (C=O) groups is 2. The minimum Gasteiger partial charge on any atom is -0.493 e. The second-order valence-corrected chi connectivity index (χ2v) is 6.69. The number of aryl methyl sites for hydroxylation is 1. The molecular weight excluding hydrogens is 412 g/mol. The van der Waals surface area contributed by atoms with Crippen LogP contribution in [0.5, 0.6) is 17.2 Å². The highest BCUT2D eigenvalue weighted by Gasteiger charge is 2.20. The number of methoxy groups -OCH3 is 3. The Morgan fingerprint density at radius 1 is 0.906 bits per heavy atom. The van der Waals surface area contributed by atoms with Crippen LogP contribution in [0.4, 0.5) is 5.69 Å². The lowest BCUT2D eigenvalue weighted by atomic mass is 10.1. The molecule has 32 heavy (non-hydrogen) atoms. The molecule has 1 heterocycles. The first-order valence-electron chi connectivity index (χ1n) is 9.71. The smallest absolute Gasteiger partial charge is 0.272 e. The van der Waals surface area contributed by atoms with E-state index < -0.39 is 11.8 Å². The van der Waals surface area contributed by atoms with Gasteiger partial charge in [-0.1, -0.05) is 18.2 Å². The number of ether oxygens (including phenoxy) is 3. The highest BCUT2D eigenvalue weighted by molar-refractivity contribution is 6.10. The van der Waals surface area contributed by atoms with E-state index >= 15 is 0 Å². The minimum atomic E-state index is -0.540. The fourth-order valence-corrected chi connectivity index (χ4v) is 2.96. The molecular formula is C24H24N2O6. The summed E-state index contributed by atoms with van der Waals surface area (Å²) in [6.45, 7) is 1.79. The number of furan rings is 1. The molecule has 0 bridgehead atoms. The average Bonchev–Trinajstić information content (AvgIpc) is 3.22. The van der Waals surface area contributed by atoms with Gasteiger partial charge in [0.25, 0.3) is 11.8 Å². The van der Waals surface area contributed by atoms with E-state index in [4.69, 9.17) is 18.6 Å². The Kier molecular flexibility index (Phi) is 7.17. The molecule has 0 saturated heterocycles. The Morgan fingerprint density at radius 2 is 1.56 bits per heavy atom. The van der Waals surface area contributed by atoms with Crippen LogP contribution in [0.1, 0.15) is 21.9 Å². The van der Waals surface area contributed by atoms with Gasteiger partial charge in [-0.15, -0.1) is 0 Å². The fraction of sp³-hybridized carbons (Fsp3) is 0.167. The van der Waals surface area contributed by atoms with Gasteiger partial charge in [0, 0.05) is 17.3 Å². The molecule has 0 aliphatic carbocycles. The molecule has 2 amide bonds. The maximum atomic E-state index is 13.0. The zero-order valence-electron chi connectivity index (χ0n) is 18.2. The summed E-state index contributed by atoms with van der Waals surface area (Å²) in [5.41, 5.74) is 0.802. The molecule has 0 fully saturated rings. The summed E-state index contributed by atoms with van der Waals surface area (Å²) in [5.74, 6) is 1.04. The van der Waals surface area contributed by atoms with E-state index in [-0.39, 0.29) is 11.3 Å². The summed E-state index contributed by atoms with van der Waals surface area (Å²) < 4.78 is 21.4. The number of benzene rings is 2. The number of hydrogen-bond donors (Lipinski definition) is 2. The number of nitrogens with one attached hydrogen (secondary N) is 2. The van der Waals surface area contributed by atoms with Crippen molar-refractivity contribution in [2.75, 3.05) is 26.6 Å². The van der Waals surface area contributed by atoms with E-state index in [9.17, 15) is 9.59 Å². The lowest BCUT2D eigenvalue weighted by Crippen LogP contribution is -2.30. The van der Waals surface area contributed by atoms with Crippen molar-refractivity contribution in [3.8, 4) is 17.2 Å². The Labute approximate surface area is 185 Å². The third-order valence-electron chi connectivity index (χ3n) is 4.50. The molecule has 0 spiro atoms. The van der Waals surface area contributed by atoms with Crippen molar-refractivity contribution in [2.24, 2.45) is 0 Å². The monoisotopic (exact) mass is 436 g/mol. The van der Waals surface area contributed by atoms with Crippen LogP contribution < -0.4 is 24.8 Å². The topological polar surface area (TPSA) is 99.0 Å². The van der Waals surface area contributed by atoms with Crippen LogP contribution in [-0.4, -0.2) is 33.1 Å². The van der Waals surface area contributed by atoms with Gasteiger partial charge in [-0.05, 0) is 43.3 Å². The molecule has 0 aliphatic heterocycles. The van der Waals surface area contributed by atoms with Crippen molar-refractivity contribution in [3.05, 3.63) is 77.4 Å². The zero-order chi connectivity index (χ0) is 23.1. The molecule has 1 aromatic heterocycles. The van der Waals surface area contributed by atoms with Gasteiger partial charge in [-0.25, -0.2) is 0 Å². The van der Waals surface area contributed by atoms with Crippen molar-refractivity contribution in [3.63, 3.8) is 0 Å². The molecule has 166 valence electrons. The summed E-state index contributed by atoms with van der Waals surface area (Å²) in [6.07, 6.45) is 1.46. The third-order valence-corrected chi connectivity index (χ3v) is 4.50. The first kappa shape index (κ1) is 22.5. The lowest BCUT2D eigenvalue weighted by molar-refractivity contribution is -0.113. The van der Waals surface area contributed by atoms with E-state index in [1.807, 2.05) is 6.07 Å². The van der Waals surface area contributed by atoms with Crippen LogP contribution in [0.2, 0.25) is 0 Å². The van der Waals surface area contributed by atoms with Gasteiger partial charge >= 0.3 is 0 Å². The number of amides is 2. The Balaban J connectivity index is 1.93. The largest absolute Gasteiger partial charge is 0.493 e. The van der Waals surface area contributed by atoms with E-state index in [1.165, 1.54) is 39.5 Å². The van der Waals surface area contributed by atoms with Crippen LogP contribution in [0.3, 0.4) is 0 Å². The van der Waals surface area contributed by atoms with Crippen molar-refractivity contribution in [1.82, 2.24) is 5.32 Å². The summed E-state index contributed by atoms with van der Waals surface area (Å²) in [7, 11) is 4.38. The van der Waals surface area contributed by atoms with E-state index in [2.05, 4.69) is 10.6 Å². The number of para-hydroxylation sites is 1. The second kappa shape index (κ2) is 10.2. The van der Waals surface area contributed by atoms with E-state index in [0.29, 0.717) is 34.5 Å². The van der Waals surface area contributed by atoms with Crippen molar-refractivity contribution >= 4 is 23.6 Å². The zero-order valence-corrected chi connectivity index (χ0v) is 18.2. The maximum Gasteiger partial charge on any atom is 0.272 e. The predicted molar refractivity (Wildman–Crippen MR) is 120 cm³/mol. The SMILES string of the molecule is COc1cc(C(=O)NC(=Cc2ccc(C)o2)C(=O)Nc2ccccc2)cc(OC)c1OC. The summed E-state index contributed by atoms with van der Waals surface area (Å²) in [6, 6.07) is 15.4. The fourth-order valence-electron chi connectivity index (χ4n) is 2.96. The molecule has 2 N–H and O–H groups in total. The van der Waals surface area contributed by atoms with Gasteiger partial charge in [0.05, 0.1) is 21.3 Å². The lowest BCUT2D eigenvalue weighted by Gasteiger charge is -2.15. The Bertz CT molecular complexity index is 1110. The number of carbonyl (C=O) groups excluding carboxylic acids is 2. The van der Waals surface area contributed by atoms with Crippen LogP contribution in [-0.2, 0) is 4.79 Å². The van der Waals surface area contributed by atoms with Crippen LogP contribution in [0.15, 0.2) is 64.7 Å². The van der Waals surface area contributed by atoms with Crippen molar-refractivity contribution < 1.29 is 28.2 Å². The molecule has 8 nitrogen and oxygen atoms in total. The van der Waals surface area contributed by atoms with Gasteiger partial charge in [-0.2, -0.15) is 0 Å². The molecule has 0 saturated carbocycles. The third kappa shape index (κ3) is 5.28. The summed E-state index contributed by atoms with van der Waals surface area (Å²) in [4.78, 5) is 26.0. The predicted octanol–water partition coefficient (Wildman–Crippen LogP) is 4.02. The second-order valence-electron chi connectivity index (χ2n) is 6.69. The number of rotatable bonds is 8. The maximum absolute atomic E-state index is 13.0. The minimum absolute atomic E-state index is 0.00181. The number of hydrogen-bond acceptors (Lipinski definition) is 6. The van der Waals surface area contributed by atoms with Crippen molar-refractivity contribution in [1.29, 1.82) is 0 Å². The molecule has 0 unspecified atom stereocenters. The van der Waals surface area contributed by atoms with Gasteiger partial charge in [0.2, 0.25) is 5.75 Å². The molecule has 2 aromatic carbocycles. The summed E-state index contributed by atoms with van der Waals surface area (Å²) in [5, 5.41) is 5.41. The highest BCUT2D eigenvalue weighted by atomic mass is 16.5. The quantitative estimate of drug-likeness (QED) is 0.518. The first-order chi connectivity index (χ1) is 15.4. The highest BCUT2D eigenvalue weighted by Crippen LogP contribution is 2.38. The first-order valence-corrected chi connectivity index (χ1v) is 9.71. The van der Waals surface area contributed by atoms with Crippen molar-refractivity contribution in [2.45, 2.75) is 6.92 Å². The van der Waals surface area contributed by atoms with E-state index in [0.717, 1.165) is 0 Å². The van der Waals surface area contributed by atoms with Crippen LogP contribution in [0.25, 0.3) is 6.08 Å². The standard InChI is InChI=1S/C24H24N2O6/c1-15-10-11-18(32-15)14-19(24(28)25-17-8-6-5-7-9-17)26-23(27)16-12-20(29-2)22(31-4)21(13-16)30-3/h5-14H,1-4H3,(H,25,28)(H,26,27). The molecule has 8 heteroatoms. The Hall–Kier alpha value is -4.20. The number of anilines is 1. The van der Waals surface area contributed by atoms with Crippen LogP contribution >= 0.6 is 0 Å². The Morgan fingerprint density at radius 3 is 2.09 bits per heavy atom. The molecule has 3 rings (SSSR count). The molecule has 0 radical (unpaired) electrons. The summed E-state index contributed by atoms with van der Waals surface area (Å²) >= 11 is 0. The molecule has 3 aromatic rings. The van der Waals surface area contributed by atoms with Crippen LogP contribution in [0, 0.1) is 6.92 Å². The van der Waals surface area contributed by atoms with Gasteiger partial charge in [0.1, 0.15) is 17.2 Å². The average molecular weight is 436 g/mol.